The molecule has 0 bridgehead atoms. The Hall–Kier alpha value is -0.110. The van der Waals surface area contributed by atoms with E-state index >= 15 is 0 Å². The minimum Gasteiger partial charge on any atom is -0.246 e. The van der Waals surface area contributed by atoms with Crippen LogP contribution in [0.4, 0.5) is 4.39 Å². The maximum Gasteiger partial charge on any atom is 0.111 e. The average molecular weight is 219 g/mol. The molecular formula is C9H12BrF. The summed E-state index contributed by atoms with van der Waals surface area (Å²) >= 11 is 3.35. The predicted octanol–water partition coefficient (Wildman–Crippen LogP) is 3.59. The highest BCUT2D eigenvalue weighted by atomic mass is 79.9. The molecule has 0 aromatic rings. The standard InChI is InChI=1S/C9H12BrF/c1-6-3-4-8(10)7(2)9(11)5-6/h3-4,7,9H,5H2,1-2H3. The molecule has 2 atom stereocenters. The SMILES string of the molecule is CC1=CC=C(Br)C(C)C(F)C1. The summed E-state index contributed by atoms with van der Waals surface area (Å²) in [5.41, 5.74) is 1.11. The third kappa shape index (κ3) is 2.16. The molecule has 2 heteroatoms. The van der Waals surface area contributed by atoms with Crippen LogP contribution in [0, 0.1) is 5.92 Å². The molecule has 1 aliphatic rings. The molecule has 0 saturated heterocycles. The normalized spacial score (nSPS) is 32.4. The zero-order valence-electron chi connectivity index (χ0n) is 6.77. The second-order valence-corrected chi connectivity index (χ2v) is 3.99. The summed E-state index contributed by atoms with van der Waals surface area (Å²) in [6, 6.07) is 0. The van der Waals surface area contributed by atoms with Gasteiger partial charge in [0.15, 0.2) is 0 Å². The van der Waals surface area contributed by atoms with Crippen LogP contribution in [0.25, 0.3) is 0 Å². The fourth-order valence-electron chi connectivity index (χ4n) is 1.10. The summed E-state index contributed by atoms with van der Waals surface area (Å²) < 4.78 is 14.2. The first-order valence-corrected chi connectivity index (χ1v) is 4.57. The first kappa shape index (κ1) is 8.98. The minimum absolute atomic E-state index is 0.00343. The van der Waals surface area contributed by atoms with Gasteiger partial charge in [-0.25, -0.2) is 4.39 Å². The van der Waals surface area contributed by atoms with E-state index in [0.29, 0.717) is 6.42 Å². The zero-order chi connectivity index (χ0) is 8.43. The van der Waals surface area contributed by atoms with E-state index in [1.54, 1.807) is 0 Å². The average Bonchev–Trinajstić information content (AvgIpc) is 2.05. The van der Waals surface area contributed by atoms with Crippen molar-refractivity contribution < 1.29 is 4.39 Å². The lowest BCUT2D eigenvalue weighted by Gasteiger charge is -2.13. The topological polar surface area (TPSA) is 0 Å². The molecule has 0 amide bonds. The van der Waals surface area contributed by atoms with Gasteiger partial charge in [0.2, 0.25) is 0 Å². The van der Waals surface area contributed by atoms with Crippen LogP contribution in [0.5, 0.6) is 0 Å². The fraction of sp³-hybridized carbons (Fsp3) is 0.556. The van der Waals surface area contributed by atoms with Gasteiger partial charge < -0.3 is 0 Å². The van der Waals surface area contributed by atoms with Gasteiger partial charge in [0.1, 0.15) is 6.17 Å². The Balaban J connectivity index is 2.82. The zero-order valence-corrected chi connectivity index (χ0v) is 8.36. The van der Waals surface area contributed by atoms with Crippen LogP contribution >= 0.6 is 15.9 Å². The molecule has 0 spiro atoms. The molecule has 0 fully saturated rings. The van der Waals surface area contributed by atoms with Crippen molar-refractivity contribution in [3.8, 4) is 0 Å². The molecule has 62 valence electrons. The van der Waals surface area contributed by atoms with Crippen molar-refractivity contribution in [1.29, 1.82) is 0 Å². The number of hydrogen-bond acceptors (Lipinski definition) is 0. The Morgan fingerprint density at radius 3 is 2.82 bits per heavy atom. The van der Waals surface area contributed by atoms with Crippen LogP contribution in [-0.2, 0) is 0 Å². The number of hydrogen-bond donors (Lipinski definition) is 0. The Kier molecular flexibility index (Phi) is 2.88. The summed E-state index contributed by atoms with van der Waals surface area (Å²) in [5, 5.41) is 0. The molecule has 0 radical (unpaired) electrons. The summed E-state index contributed by atoms with van der Waals surface area (Å²) in [7, 11) is 0. The molecule has 1 aliphatic carbocycles. The minimum atomic E-state index is -0.737. The lowest BCUT2D eigenvalue weighted by molar-refractivity contribution is 0.273. The predicted molar refractivity (Wildman–Crippen MR) is 49.4 cm³/mol. The van der Waals surface area contributed by atoms with Gasteiger partial charge >= 0.3 is 0 Å². The van der Waals surface area contributed by atoms with Crippen molar-refractivity contribution in [2.24, 2.45) is 5.92 Å². The van der Waals surface area contributed by atoms with E-state index in [0.717, 1.165) is 10.1 Å². The molecular weight excluding hydrogens is 207 g/mol. The highest BCUT2D eigenvalue weighted by Gasteiger charge is 2.20. The first-order chi connectivity index (χ1) is 5.11. The lowest BCUT2D eigenvalue weighted by Crippen LogP contribution is -2.11. The molecule has 0 aliphatic heterocycles. The maximum atomic E-state index is 13.2. The van der Waals surface area contributed by atoms with E-state index in [4.69, 9.17) is 0 Å². The van der Waals surface area contributed by atoms with Gasteiger partial charge in [-0.2, -0.15) is 0 Å². The van der Waals surface area contributed by atoms with Gasteiger partial charge in [-0.15, -0.1) is 0 Å². The van der Waals surface area contributed by atoms with Gasteiger partial charge in [0.05, 0.1) is 0 Å². The molecule has 0 N–H and O–H groups in total. The smallest absolute Gasteiger partial charge is 0.111 e. The quantitative estimate of drug-likeness (QED) is 0.584. The van der Waals surface area contributed by atoms with Crippen LogP contribution in [0.2, 0.25) is 0 Å². The van der Waals surface area contributed by atoms with Gasteiger partial charge in [-0.3, -0.25) is 0 Å². The lowest BCUT2D eigenvalue weighted by atomic mass is 10.0. The van der Waals surface area contributed by atoms with E-state index in [1.807, 2.05) is 26.0 Å². The van der Waals surface area contributed by atoms with Crippen molar-refractivity contribution in [2.45, 2.75) is 26.4 Å². The third-order valence-corrected chi connectivity index (χ3v) is 3.01. The summed E-state index contributed by atoms with van der Waals surface area (Å²) in [6.07, 6.45) is 3.74. The first-order valence-electron chi connectivity index (χ1n) is 3.78. The molecule has 11 heavy (non-hydrogen) atoms. The van der Waals surface area contributed by atoms with Gasteiger partial charge in [0.25, 0.3) is 0 Å². The van der Waals surface area contributed by atoms with Crippen molar-refractivity contribution >= 4 is 15.9 Å². The van der Waals surface area contributed by atoms with Crippen molar-refractivity contribution in [2.75, 3.05) is 0 Å². The Morgan fingerprint density at radius 1 is 1.55 bits per heavy atom. The second-order valence-electron chi connectivity index (χ2n) is 3.07. The van der Waals surface area contributed by atoms with E-state index in [9.17, 15) is 4.39 Å². The number of alkyl halides is 1. The molecule has 0 aromatic carbocycles. The largest absolute Gasteiger partial charge is 0.246 e. The Morgan fingerprint density at radius 2 is 2.18 bits per heavy atom. The van der Waals surface area contributed by atoms with Gasteiger partial charge in [0, 0.05) is 16.8 Å². The monoisotopic (exact) mass is 218 g/mol. The highest BCUT2D eigenvalue weighted by molar-refractivity contribution is 9.11. The molecule has 0 heterocycles. The summed E-state index contributed by atoms with van der Waals surface area (Å²) in [5.74, 6) is 0.00343. The van der Waals surface area contributed by atoms with Crippen LogP contribution in [0.3, 0.4) is 0 Å². The van der Waals surface area contributed by atoms with Crippen LogP contribution in [0.1, 0.15) is 20.3 Å². The summed E-state index contributed by atoms with van der Waals surface area (Å²) in [4.78, 5) is 0. The summed E-state index contributed by atoms with van der Waals surface area (Å²) in [6.45, 7) is 3.86. The second kappa shape index (κ2) is 3.53. The molecule has 0 nitrogen and oxygen atoms in total. The van der Waals surface area contributed by atoms with Crippen LogP contribution in [-0.4, -0.2) is 6.17 Å². The fourth-order valence-corrected chi connectivity index (χ4v) is 1.52. The van der Waals surface area contributed by atoms with E-state index in [1.165, 1.54) is 0 Å². The van der Waals surface area contributed by atoms with Crippen LogP contribution in [0.15, 0.2) is 22.2 Å². The number of rotatable bonds is 0. The molecule has 2 unspecified atom stereocenters. The van der Waals surface area contributed by atoms with Crippen molar-refractivity contribution in [3.63, 3.8) is 0 Å². The van der Waals surface area contributed by atoms with Gasteiger partial charge in [-0.1, -0.05) is 40.6 Å². The van der Waals surface area contributed by atoms with E-state index in [2.05, 4.69) is 15.9 Å². The highest BCUT2D eigenvalue weighted by Crippen LogP contribution is 2.29. The molecule has 0 saturated carbocycles. The molecule has 1 rings (SSSR count). The van der Waals surface area contributed by atoms with E-state index < -0.39 is 6.17 Å². The third-order valence-electron chi connectivity index (χ3n) is 2.02. The van der Waals surface area contributed by atoms with Gasteiger partial charge in [-0.05, 0) is 6.92 Å². The van der Waals surface area contributed by atoms with Crippen molar-refractivity contribution in [3.05, 3.63) is 22.2 Å². The number of halogens is 2. The van der Waals surface area contributed by atoms with E-state index in [-0.39, 0.29) is 5.92 Å². The van der Waals surface area contributed by atoms with Crippen LogP contribution < -0.4 is 0 Å². The van der Waals surface area contributed by atoms with Crippen molar-refractivity contribution in [1.82, 2.24) is 0 Å². The number of allylic oxidation sites excluding steroid dienone is 4. The Labute approximate surface area is 75.3 Å². The molecule has 0 aromatic heterocycles. The maximum absolute atomic E-state index is 13.2. The Bertz CT molecular complexity index is 206.